The Morgan fingerprint density at radius 1 is 1.23 bits per heavy atom. The first-order valence-corrected chi connectivity index (χ1v) is 10.8. The Labute approximate surface area is 176 Å². The molecule has 0 aromatic heterocycles. The summed E-state index contributed by atoms with van der Waals surface area (Å²) in [7, 11) is 0. The molecule has 164 valence electrons. The van der Waals surface area contributed by atoms with E-state index in [0.717, 1.165) is 38.5 Å². The molecule has 2 saturated carbocycles. The van der Waals surface area contributed by atoms with Crippen molar-refractivity contribution in [1.29, 1.82) is 0 Å². The molecule has 0 spiro atoms. The monoisotopic (exact) mass is 418 g/mol. The number of nitrogens with zero attached hydrogens (tertiary/aromatic N) is 2. The summed E-state index contributed by atoms with van der Waals surface area (Å²) in [5.74, 6) is 0.141. The molecule has 30 heavy (non-hydrogen) atoms. The number of rotatable bonds is 9. The van der Waals surface area contributed by atoms with E-state index in [1.807, 2.05) is 6.92 Å². The smallest absolute Gasteiger partial charge is 0.273 e. The van der Waals surface area contributed by atoms with Crippen LogP contribution in [0.3, 0.4) is 0 Å². The number of fused-ring (bicyclic) bond motifs is 1. The molecular weight excluding hydrogens is 388 g/mol. The molecule has 0 amide bonds. The van der Waals surface area contributed by atoms with Gasteiger partial charge in [0, 0.05) is 35.3 Å². The lowest BCUT2D eigenvalue weighted by atomic mass is 9.62. The van der Waals surface area contributed by atoms with Gasteiger partial charge >= 0.3 is 0 Å². The summed E-state index contributed by atoms with van der Waals surface area (Å²) in [4.78, 5) is 35.1. The van der Waals surface area contributed by atoms with Crippen LogP contribution >= 0.6 is 0 Å². The number of Topliss-reactive ketones (excluding diaryl/α,β-unsaturated/α-hetero) is 1. The number of carbonyl (C=O) groups is 1. The number of nitro benzene ring substituents is 1. The maximum atomic E-state index is 12.7. The number of ether oxygens (including phenoxy) is 1. The quantitative estimate of drug-likeness (QED) is 0.307. The summed E-state index contributed by atoms with van der Waals surface area (Å²) in [6, 6.07) is 2.91. The van der Waals surface area contributed by atoms with Gasteiger partial charge in [-0.2, -0.15) is 0 Å². The largest absolute Gasteiger partial charge is 0.493 e. The summed E-state index contributed by atoms with van der Waals surface area (Å²) >= 11 is 0. The molecule has 1 aromatic rings. The Hall–Kier alpha value is -2.51. The van der Waals surface area contributed by atoms with Gasteiger partial charge in [0.2, 0.25) is 6.04 Å². The van der Waals surface area contributed by atoms with Crippen molar-refractivity contribution in [3.63, 3.8) is 0 Å². The second kappa shape index (κ2) is 9.10. The van der Waals surface area contributed by atoms with Gasteiger partial charge in [-0.3, -0.25) is 25.0 Å². The van der Waals surface area contributed by atoms with E-state index in [-0.39, 0.29) is 46.5 Å². The molecule has 0 heterocycles. The fraction of sp³-hybridized carbons (Fsp3) is 0.682. The second-order valence-corrected chi connectivity index (χ2v) is 8.98. The van der Waals surface area contributed by atoms with Crippen LogP contribution in [0.25, 0.3) is 0 Å². The summed E-state index contributed by atoms with van der Waals surface area (Å²) in [6.07, 6.45) is 6.10. The minimum Gasteiger partial charge on any atom is -0.493 e. The zero-order valence-electron chi connectivity index (χ0n) is 17.7. The van der Waals surface area contributed by atoms with E-state index in [9.17, 15) is 25.0 Å². The molecule has 0 N–H and O–H groups in total. The van der Waals surface area contributed by atoms with Crippen LogP contribution in [0.15, 0.2) is 18.2 Å². The molecule has 0 radical (unpaired) electrons. The predicted octanol–water partition coefficient (Wildman–Crippen LogP) is 5.27. The maximum absolute atomic E-state index is 12.7. The van der Waals surface area contributed by atoms with Crippen LogP contribution in [0, 0.1) is 37.5 Å². The Morgan fingerprint density at radius 2 is 2.00 bits per heavy atom. The normalized spacial score (nSPS) is 26.8. The topological polar surface area (TPSA) is 113 Å². The van der Waals surface area contributed by atoms with Crippen LogP contribution < -0.4 is 4.74 Å². The molecule has 0 bridgehead atoms. The fourth-order valence-electron chi connectivity index (χ4n) is 5.28. The van der Waals surface area contributed by atoms with Crippen molar-refractivity contribution in [2.45, 2.75) is 71.3 Å². The van der Waals surface area contributed by atoms with Crippen molar-refractivity contribution in [2.75, 3.05) is 6.61 Å². The Bertz CT molecular complexity index is 826. The Balaban J connectivity index is 1.91. The summed E-state index contributed by atoms with van der Waals surface area (Å²) in [5.41, 5.74) is 0.0712. The van der Waals surface area contributed by atoms with E-state index in [2.05, 4.69) is 6.92 Å². The third kappa shape index (κ3) is 4.63. The number of nitro groups is 2. The molecular formula is C22H30N2O6. The number of benzene rings is 1. The molecule has 0 aliphatic heterocycles. The minimum absolute atomic E-state index is 0.0663. The van der Waals surface area contributed by atoms with Crippen molar-refractivity contribution in [3.8, 4) is 5.75 Å². The van der Waals surface area contributed by atoms with Gasteiger partial charge in [-0.25, -0.2) is 0 Å². The Kier molecular flexibility index (Phi) is 6.73. The van der Waals surface area contributed by atoms with E-state index in [1.165, 1.54) is 18.2 Å². The van der Waals surface area contributed by atoms with E-state index >= 15 is 0 Å². The highest BCUT2D eigenvalue weighted by atomic mass is 16.6. The molecule has 1 unspecified atom stereocenters. The van der Waals surface area contributed by atoms with E-state index < -0.39 is 15.9 Å². The maximum Gasteiger partial charge on any atom is 0.273 e. The highest BCUT2D eigenvalue weighted by molar-refractivity contribution is 5.82. The van der Waals surface area contributed by atoms with Crippen molar-refractivity contribution in [2.24, 2.45) is 17.3 Å². The number of ketones is 1. The molecule has 2 aliphatic rings. The van der Waals surface area contributed by atoms with Gasteiger partial charge in [0.15, 0.2) is 0 Å². The van der Waals surface area contributed by atoms with E-state index in [4.69, 9.17) is 4.74 Å². The zero-order chi connectivity index (χ0) is 21.9. The first-order chi connectivity index (χ1) is 14.2. The number of hydrogen-bond donors (Lipinski definition) is 0. The third-order valence-electron chi connectivity index (χ3n) is 7.01. The first-order valence-electron chi connectivity index (χ1n) is 10.8. The number of hydrogen-bond acceptors (Lipinski definition) is 6. The van der Waals surface area contributed by atoms with Crippen LogP contribution in [-0.2, 0) is 4.79 Å². The molecule has 8 nitrogen and oxygen atoms in total. The molecule has 2 aliphatic carbocycles. The predicted molar refractivity (Wildman–Crippen MR) is 111 cm³/mol. The van der Waals surface area contributed by atoms with E-state index in [1.54, 1.807) is 0 Å². The molecule has 0 saturated heterocycles. The fourth-order valence-corrected chi connectivity index (χ4v) is 5.28. The first kappa shape index (κ1) is 22.2. The molecule has 1 aromatic carbocycles. The average Bonchev–Trinajstić information content (AvgIpc) is 3.09. The average molecular weight is 418 g/mol. The molecule has 3 rings (SSSR count). The number of carbonyl (C=O) groups excluding carboxylic acids is 1. The number of unbranched alkanes of at least 4 members (excludes halogenated alkanes) is 1. The lowest BCUT2D eigenvalue weighted by Gasteiger charge is -2.41. The molecule has 4 atom stereocenters. The van der Waals surface area contributed by atoms with Gasteiger partial charge < -0.3 is 4.74 Å². The third-order valence-corrected chi connectivity index (χ3v) is 7.01. The van der Waals surface area contributed by atoms with Crippen molar-refractivity contribution < 1.29 is 19.4 Å². The van der Waals surface area contributed by atoms with Crippen molar-refractivity contribution in [3.05, 3.63) is 44.0 Å². The second-order valence-electron chi connectivity index (χ2n) is 8.98. The number of non-ortho nitro benzene ring substituents is 1. The van der Waals surface area contributed by atoms with Gasteiger partial charge in [-0.15, -0.1) is 0 Å². The van der Waals surface area contributed by atoms with E-state index in [0.29, 0.717) is 13.0 Å². The van der Waals surface area contributed by atoms with Crippen LogP contribution in [0.2, 0.25) is 0 Å². The van der Waals surface area contributed by atoms with Gasteiger partial charge in [0.05, 0.1) is 17.6 Å². The van der Waals surface area contributed by atoms with Crippen LogP contribution in [0.4, 0.5) is 5.69 Å². The summed E-state index contributed by atoms with van der Waals surface area (Å²) in [5, 5.41) is 23.4. The van der Waals surface area contributed by atoms with Gasteiger partial charge in [0.1, 0.15) is 11.5 Å². The van der Waals surface area contributed by atoms with Crippen LogP contribution in [-0.4, -0.2) is 22.2 Å². The van der Waals surface area contributed by atoms with Crippen LogP contribution in [0.5, 0.6) is 5.75 Å². The standard InChI is InChI=1S/C22H30N2O6/c1-3-4-10-30-17-12-15(11-16(13-17)23(26)27)20(24(28)29)14-18-19-6-5-8-22(19,2)9-7-21(18)25/h11-13,18-20H,3-10,14H2,1-2H3/t18-,19-,20?,22-/m0/s1. The van der Waals surface area contributed by atoms with Gasteiger partial charge in [0.25, 0.3) is 5.69 Å². The SMILES string of the molecule is CCCCOc1cc(C(C[C@@H]2C(=O)CC[C@]3(C)CCC[C@@H]23)[N+](=O)[O-])cc([N+](=O)[O-])c1. The lowest BCUT2D eigenvalue weighted by Crippen LogP contribution is -2.40. The van der Waals surface area contributed by atoms with Crippen molar-refractivity contribution >= 4 is 11.5 Å². The van der Waals surface area contributed by atoms with Gasteiger partial charge in [-0.1, -0.05) is 26.7 Å². The van der Waals surface area contributed by atoms with Gasteiger partial charge in [-0.05, 0) is 43.1 Å². The molecule has 8 heteroatoms. The summed E-state index contributed by atoms with van der Waals surface area (Å²) < 4.78 is 5.61. The molecule has 2 fully saturated rings. The zero-order valence-corrected chi connectivity index (χ0v) is 17.7. The minimum atomic E-state index is -1.17. The van der Waals surface area contributed by atoms with Crippen molar-refractivity contribution in [1.82, 2.24) is 0 Å². The highest BCUT2D eigenvalue weighted by Gasteiger charge is 2.50. The summed E-state index contributed by atoms with van der Waals surface area (Å²) in [6.45, 7) is 4.59. The highest BCUT2D eigenvalue weighted by Crippen LogP contribution is 2.55. The lowest BCUT2D eigenvalue weighted by molar-refractivity contribution is -0.531. The Morgan fingerprint density at radius 3 is 2.67 bits per heavy atom. The van der Waals surface area contributed by atoms with Crippen LogP contribution in [0.1, 0.15) is 76.8 Å².